The van der Waals surface area contributed by atoms with E-state index in [0.29, 0.717) is 6.04 Å². The lowest BCUT2D eigenvalue weighted by molar-refractivity contribution is 0.836. The predicted octanol–water partition coefficient (Wildman–Crippen LogP) is 2.04. The van der Waals surface area contributed by atoms with E-state index in [1.54, 1.807) is 6.08 Å². The van der Waals surface area contributed by atoms with E-state index in [-0.39, 0.29) is 0 Å². The Hall–Kier alpha value is -0.590. The molecule has 0 spiro atoms. The van der Waals surface area contributed by atoms with Crippen molar-refractivity contribution in [3.8, 4) is 0 Å². The first-order valence-corrected chi connectivity index (χ1v) is 2.83. The smallest absolute Gasteiger partial charge is 0.0446 e. The van der Waals surface area contributed by atoms with Gasteiger partial charge in [0.05, 0.1) is 0 Å². The highest BCUT2D eigenvalue weighted by molar-refractivity contribution is 5.92. The van der Waals surface area contributed by atoms with Gasteiger partial charge >= 0.3 is 0 Å². The summed E-state index contributed by atoms with van der Waals surface area (Å²) in [5, 5.41) is 0. The van der Waals surface area contributed by atoms with E-state index in [2.05, 4.69) is 11.6 Å². The fraction of sp³-hybridized carbons (Fsp3) is 0.571. The zero-order chi connectivity index (χ0) is 6.57. The summed E-state index contributed by atoms with van der Waals surface area (Å²) in [6.45, 7) is 9.63. The molecule has 0 saturated carbocycles. The van der Waals surface area contributed by atoms with Crippen molar-refractivity contribution in [1.82, 2.24) is 0 Å². The highest BCUT2D eigenvalue weighted by Gasteiger charge is 1.84. The number of allylic oxidation sites excluding steroid dienone is 1. The van der Waals surface area contributed by atoms with Crippen molar-refractivity contribution in [3.63, 3.8) is 0 Å². The molecule has 1 nitrogen and oxygen atoms in total. The normalized spacial score (nSPS) is 12.2. The molecule has 0 bridgehead atoms. The van der Waals surface area contributed by atoms with Crippen LogP contribution in [0.4, 0.5) is 0 Å². The second kappa shape index (κ2) is 3.42. The molecule has 0 N–H and O–H groups in total. The van der Waals surface area contributed by atoms with Gasteiger partial charge in [-0.3, -0.25) is 4.99 Å². The van der Waals surface area contributed by atoms with Crippen LogP contribution in [0.1, 0.15) is 20.8 Å². The van der Waals surface area contributed by atoms with Crippen LogP contribution in [0.15, 0.2) is 17.6 Å². The van der Waals surface area contributed by atoms with Crippen molar-refractivity contribution in [3.05, 3.63) is 12.7 Å². The van der Waals surface area contributed by atoms with Crippen molar-refractivity contribution < 1.29 is 0 Å². The zero-order valence-electron chi connectivity index (χ0n) is 5.81. The number of aliphatic imine (C=N–C) groups is 1. The standard InChI is InChI=1S/C7H13N/c1-5-7(4)8-6(2)3/h5-6H,1H2,2-4H3. The Labute approximate surface area is 51.1 Å². The summed E-state index contributed by atoms with van der Waals surface area (Å²) in [5.41, 5.74) is 1.01. The third-order valence-corrected chi connectivity index (χ3v) is 0.757. The van der Waals surface area contributed by atoms with Gasteiger partial charge in [0, 0.05) is 11.8 Å². The zero-order valence-corrected chi connectivity index (χ0v) is 5.81. The van der Waals surface area contributed by atoms with Gasteiger partial charge in [-0.05, 0) is 26.8 Å². The number of hydrogen-bond donors (Lipinski definition) is 0. The quantitative estimate of drug-likeness (QED) is 0.483. The van der Waals surface area contributed by atoms with Gasteiger partial charge in [-0.1, -0.05) is 6.58 Å². The molecular formula is C7H13N. The molecule has 0 atom stereocenters. The third-order valence-electron chi connectivity index (χ3n) is 0.757. The van der Waals surface area contributed by atoms with Crippen molar-refractivity contribution in [2.45, 2.75) is 26.8 Å². The van der Waals surface area contributed by atoms with Crippen LogP contribution in [0.2, 0.25) is 0 Å². The van der Waals surface area contributed by atoms with E-state index in [1.807, 2.05) is 20.8 Å². The molecule has 0 rings (SSSR count). The van der Waals surface area contributed by atoms with Crippen LogP contribution < -0.4 is 0 Å². The molecule has 0 aliphatic rings. The average Bonchev–Trinajstić information content (AvgIpc) is 1.65. The van der Waals surface area contributed by atoms with E-state index >= 15 is 0 Å². The van der Waals surface area contributed by atoms with Gasteiger partial charge in [0.25, 0.3) is 0 Å². The van der Waals surface area contributed by atoms with Crippen LogP contribution in [-0.2, 0) is 0 Å². The number of rotatable bonds is 2. The molecule has 0 aromatic carbocycles. The molecule has 0 radical (unpaired) electrons. The maximum atomic E-state index is 4.19. The molecule has 0 unspecified atom stereocenters. The van der Waals surface area contributed by atoms with Crippen molar-refractivity contribution in [2.75, 3.05) is 0 Å². The van der Waals surface area contributed by atoms with Crippen molar-refractivity contribution in [2.24, 2.45) is 4.99 Å². The van der Waals surface area contributed by atoms with E-state index in [0.717, 1.165) is 5.71 Å². The monoisotopic (exact) mass is 111 g/mol. The molecular weight excluding hydrogens is 98.1 g/mol. The Kier molecular flexibility index (Phi) is 3.16. The van der Waals surface area contributed by atoms with Gasteiger partial charge in [0.15, 0.2) is 0 Å². The molecule has 0 heterocycles. The van der Waals surface area contributed by atoms with Gasteiger partial charge in [0.1, 0.15) is 0 Å². The molecule has 0 amide bonds. The molecule has 0 saturated heterocycles. The van der Waals surface area contributed by atoms with Crippen molar-refractivity contribution >= 4 is 5.71 Å². The highest BCUT2D eigenvalue weighted by Crippen LogP contribution is 1.87. The summed E-state index contributed by atoms with van der Waals surface area (Å²) >= 11 is 0. The summed E-state index contributed by atoms with van der Waals surface area (Å²) in [6, 6.07) is 0.396. The predicted molar refractivity (Wildman–Crippen MR) is 38.4 cm³/mol. The minimum absolute atomic E-state index is 0.396. The largest absolute Gasteiger partial charge is 0.287 e. The molecule has 1 heteroatoms. The van der Waals surface area contributed by atoms with E-state index < -0.39 is 0 Å². The highest BCUT2D eigenvalue weighted by atomic mass is 14.8. The van der Waals surface area contributed by atoms with E-state index in [4.69, 9.17) is 0 Å². The van der Waals surface area contributed by atoms with E-state index in [1.165, 1.54) is 0 Å². The Morgan fingerprint density at radius 2 is 2.12 bits per heavy atom. The molecule has 0 aromatic heterocycles. The summed E-state index contributed by atoms with van der Waals surface area (Å²) in [7, 11) is 0. The van der Waals surface area contributed by atoms with Gasteiger partial charge in [0.2, 0.25) is 0 Å². The number of nitrogens with zero attached hydrogens (tertiary/aromatic N) is 1. The van der Waals surface area contributed by atoms with Gasteiger partial charge < -0.3 is 0 Å². The fourth-order valence-electron chi connectivity index (χ4n) is 0.460. The first kappa shape index (κ1) is 7.41. The Morgan fingerprint density at radius 1 is 1.62 bits per heavy atom. The molecule has 0 aliphatic carbocycles. The molecule has 0 aromatic rings. The molecule has 0 aliphatic heterocycles. The van der Waals surface area contributed by atoms with Gasteiger partial charge in [-0.2, -0.15) is 0 Å². The van der Waals surface area contributed by atoms with Crippen LogP contribution in [0.5, 0.6) is 0 Å². The first-order chi connectivity index (χ1) is 3.66. The summed E-state index contributed by atoms with van der Waals surface area (Å²) in [4.78, 5) is 4.19. The third kappa shape index (κ3) is 3.59. The Bertz CT molecular complexity index is 101. The van der Waals surface area contributed by atoms with Crippen LogP contribution in [0.25, 0.3) is 0 Å². The van der Waals surface area contributed by atoms with Crippen LogP contribution >= 0.6 is 0 Å². The summed E-state index contributed by atoms with van der Waals surface area (Å²) in [5.74, 6) is 0. The summed E-state index contributed by atoms with van der Waals surface area (Å²) in [6.07, 6.45) is 1.76. The minimum atomic E-state index is 0.396. The topological polar surface area (TPSA) is 12.4 Å². The maximum Gasteiger partial charge on any atom is 0.0446 e. The lowest BCUT2D eigenvalue weighted by Crippen LogP contribution is -1.93. The second-order valence-electron chi connectivity index (χ2n) is 2.07. The summed E-state index contributed by atoms with van der Waals surface area (Å²) < 4.78 is 0. The lowest BCUT2D eigenvalue weighted by Gasteiger charge is -1.94. The van der Waals surface area contributed by atoms with Crippen LogP contribution in [0, 0.1) is 0 Å². The molecule has 46 valence electrons. The second-order valence-corrected chi connectivity index (χ2v) is 2.07. The molecule has 8 heavy (non-hydrogen) atoms. The van der Waals surface area contributed by atoms with Crippen LogP contribution in [0.3, 0.4) is 0 Å². The minimum Gasteiger partial charge on any atom is -0.287 e. The SMILES string of the molecule is C=CC(C)=NC(C)C. The molecule has 0 fully saturated rings. The van der Waals surface area contributed by atoms with Gasteiger partial charge in [-0.15, -0.1) is 0 Å². The van der Waals surface area contributed by atoms with E-state index in [9.17, 15) is 0 Å². The Morgan fingerprint density at radius 3 is 2.25 bits per heavy atom. The first-order valence-electron chi connectivity index (χ1n) is 2.83. The Balaban J connectivity index is 3.74. The lowest BCUT2D eigenvalue weighted by atomic mass is 10.3. The maximum absolute atomic E-state index is 4.19. The van der Waals surface area contributed by atoms with Crippen molar-refractivity contribution in [1.29, 1.82) is 0 Å². The van der Waals surface area contributed by atoms with Crippen LogP contribution in [-0.4, -0.2) is 11.8 Å². The average molecular weight is 111 g/mol. The van der Waals surface area contributed by atoms with Gasteiger partial charge in [-0.25, -0.2) is 0 Å². The number of hydrogen-bond acceptors (Lipinski definition) is 1. The fourth-order valence-corrected chi connectivity index (χ4v) is 0.460.